The molecule has 0 spiro atoms. The summed E-state index contributed by atoms with van der Waals surface area (Å²) in [5.74, 6) is 0.738. The second-order valence-electron chi connectivity index (χ2n) is 7.67. The van der Waals surface area contributed by atoms with E-state index in [1.807, 2.05) is 41.3 Å². The molecule has 1 atom stereocenters. The van der Waals surface area contributed by atoms with Gasteiger partial charge in [-0.3, -0.25) is 14.2 Å². The van der Waals surface area contributed by atoms with Crippen LogP contribution < -0.4 is 5.56 Å². The molecule has 0 unspecified atom stereocenters. The zero-order valence-electron chi connectivity index (χ0n) is 16.7. The van der Waals surface area contributed by atoms with Crippen LogP contribution in [-0.2, 0) is 18.3 Å². The first-order valence-electron chi connectivity index (χ1n) is 10.2. The van der Waals surface area contributed by atoms with Crippen LogP contribution in [0.3, 0.4) is 0 Å². The van der Waals surface area contributed by atoms with Crippen molar-refractivity contribution in [3.05, 3.63) is 69.7 Å². The number of aromatic nitrogens is 3. The second kappa shape index (κ2) is 7.65. The molecule has 4 aromatic rings. The van der Waals surface area contributed by atoms with Gasteiger partial charge < -0.3 is 4.90 Å². The van der Waals surface area contributed by atoms with E-state index in [9.17, 15) is 9.59 Å². The highest BCUT2D eigenvalue weighted by atomic mass is 32.1. The fourth-order valence-electron chi connectivity index (χ4n) is 4.20. The Kier molecular flexibility index (Phi) is 4.83. The molecule has 3 heterocycles. The van der Waals surface area contributed by atoms with Crippen LogP contribution in [0.15, 0.2) is 53.3 Å². The molecule has 152 valence electrons. The molecule has 0 N–H and O–H groups in total. The summed E-state index contributed by atoms with van der Waals surface area (Å²) in [4.78, 5) is 37.0. The lowest BCUT2D eigenvalue weighted by Gasteiger charge is -2.23. The van der Waals surface area contributed by atoms with Gasteiger partial charge in [0.15, 0.2) is 0 Å². The van der Waals surface area contributed by atoms with Crippen LogP contribution >= 0.6 is 11.3 Å². The highest BCUT2D eigenvalue weighted by Gasteiger charge is 2.32. The summed E-state index contributed by atoms with van der Waals surface area (Å²) >= 11 is 1.67. The molecule has 2 aromatic carbocycles. The van der Waals surface area contributed by atoms with Crippen molar-refractivity contribution in [2.75, 3.05) is 6.54 Å². The number of carbonyl (C=O) groups is 1. The van der Waals surface area contributed by atoms with Crippen LogP contribution in [0.1, 0.15) is 36.1 Å². The average molecular weight is 419 g/mol. The predicted octanol–water partition coefficient (Wildman–Crippen LogP) is 3.84. The number of aryl methyl sites for hydroxylation is 1. The lowest BCUT2D eigenvalue weighted by molar-refractivity contribution is -0.132. The molecule has 0 radical (unpaired) electrons. The number of benzene rings is 2. The molecule has 1 fully saturated rings. The van der Waals surface area contributed by atoms with Gasteiger partial charge in [0.25, 0.3) is 5.56 Å². The highest BCUT2D eigenvalue weighted by Crippen LogP contribution is 2.36. The summed E-state index contributed by atoms with van der Waals surface area (Å²) in [5, 5.41) is 1.61. The molecule has 1 aliphatic rings. The quantitative estimate of drug-likeness (QED) is 0.505. The van der Waals surface area contributed by atoms with Crippen molar-refractivity contribution < 1.29 is 4.79 Å². The number of nitrogens with zero attached hydrogens (tertiary/aromatic N) is 4. The zero-order chi connectivity index (χ0) is 20.7. The lowest BCUT2D eigenvalue weighted by Crippen LogP contribution is -2.31. The maximum atomic E-state index is 13.1. The third-order valence-corrected chi connectivity index (χ3v) is 6.94. The summed E-state index contributed by atoms with van der Waals surface area (Å²) in [6.45, 7) is 0.753. The number of amides is 1. The van der Waals surface area contributed by atoms with Crippen LogP contribution in [0.4, 0.5) is 0 Å². The van der Waals surface area contributed by atoms with Crippen LogP contribution in [0.2, 0.25) is 0 Å². The Labute approximate surface area is 177 Å². The van der Waals surface area contributed by atoms with E-state index in [2.05, 4.69) is 11.1 Å². The number of likely N-dealkylation sites (tertiary alicyclic amines) is 1. The number of rotatable bonds is 4. The summed E-state index contributed by atoms with van der Waals surface area (Å²) in [7, 11) is 1.72. The number of hydrogen-bond donors (Lipinski definition) is 0. The van der Waals surface area contributed by atoms with Crippen molar-refractivity contribution in [2.45, 2.75) is 31.7 Å². The maximum Gasteiger partial charge on any atom is 0.261 e. The van der Waals surface area contributed by atoms with Gasteiger partial charge in [-0.1, -0.05) is 24.3 Å². The highest BCUT2D eigenvalue weighted by molar-refractivity contribution is 7.18. The number of para-hydroxylation sites is 2. The molecule has 1 saturated heterocycles. The Hall–Kier alpha value is -3.06. The Morgan fingerprint density at radius 1 is 1.10 bits per heavy atom. The summed E-state index contributed by atoms with van der Waals surface area (Å²) < 4.78 is 2.71. The fraction of sp³-hybridized carbons (Fsp3) is 0.304. The van der Waals surface area contributed by atoms with Gasteiger partial charge in [-0.15, -0.1) is 11.3 Å². The zero-order valence-corrected chi connectivity index (χ0v) is 17.6. The molecule has 5 rings (SSSR count). The van der Waals surface area contributed by atoms with Crippen molar-refractivity contribution in [3.63, 3.8) is 0 Å². The molecule has 30 heavy (non-hydrogen) atoms. The first-order chi connectivity index (χ1) is 14.6. The van der Waals surface area contributed by atoms with Gasteiger partial charge >= 0.3 is 0 Å². The first kappa shape index (κ1) is 18.9. The van der Waals surface area contributed by atoms with Gasteiger partial charge in [0.05, 0.1) is 27.2 Å². The third-order valence-electron chi connectivity index (χ3n) is 5.81. The van der Waals surface area contributed by atoms with Crippen LogP contribution in [0, 0.1) is 0 Å². The smallest absolute Gasteiger partial charge is 0.261 e. The Morgan fingerprint density at radius 3 is 2.70 bits per heavy atom. The van der Waals surface area contributed by atoms with Crippen molar-refractivity contribution in [3.8, 4) is 0 Å². The number of carbonyl (C=O) groups excluding carboxylic acids is 1. The number of hydrogen-bond acceptors (Lipinski definition) is 5. The SMILES string of the molecule is Cn1c(CCC(=O)N2CCC[C@H]2c2nc3ccccc3s2)nc2ccccc2c1=O. The van der Waals surface area contributed by atoms with E-state index >= 15 is 0 Å². The van der Waals surface area contributed by atoms with Gasteiger partial charge in [0, 0.05) is 26.4 Å². The molecule has 1 amide bonds. The Balaban J connectivity index is 1.35. The third kappa shape index (κ3) is 3.29. The van der Waals surface area contributed by atoms with Gasteiger partial charge in [0.2, 0.25) is 5.91 Å². The first-order valence-corrected chi connectivity index (χ1v) is 11.0. The molecule has 0 bridgehead atoms. The topological polar surface area (TPSA) is 68.1 Å². The van der Waals surface area contributed by atoms with E-state index < -0.39 is 0 Å². The largest absolute Gasteiger partial charge is 0.333 e. The molecule has 0 aliphatic carbocycles. The standard InChI is InChI=1S/C23H22N4O2S/c1-26-20(24-16-8-3-2-7-15(16)23(26)29)12-13-21(28)27-14-6-10-18(27)22-25-17-9-4-5-11-19(17)30-22/h2-5,7-9,11,18H,6,10,12-14H2,1H3/t18-/m0/s1. The minimum Gasteiger partial charge on any atom is -0.333 e. The summed E-state index contributed by atoms with van der Waals surface area (Å²) in [6.07, 6.45) is 2.70. The van der Waals surface area contributed by atoms with Crippen molar-refractivity contribution >= 4 is 38.4 Å². The van der Waals surface area contributed by atoms with Crippen molar-refractivity contribution in [2.24, 2.45) is 7.05 Å². The molecular weight excluding hydrogens is 396 g/mol. The Bertz CT molecular complexity index is 1280. The van der Waals surface area contributed by atoms with E-state index in [0.717, 1.165) is 34.6 Å². The number of fused-ring (bicyclic) bond motifs is 2. The normalized spacial score (nSPS) is 16.6. The van der Waals surface area contributed by atoms with Crippen LogP contribution in [0.25, 0.3) is 21.1 Å². The van der Waals surface area contributed by atoms with E-state index in [1.165, 1.54) is 0 Å². The van der Waals surface area contributed by atoms with E-state index in [1.54, 1.807) is 29.0 Å². The van der Waals surface area contributed by atoms with E-state index in [0.29, 0.717) is 29.6 Å². The van der Waals surface area contributed by atoms with Crippen molar-refractivity contribution in [1.29, 1.82) is 0 Å². The molecular formula is C23H22N4O2S. The maximum absolute atomic E-state index is 13.1. The molecule has 1 aliphatic heterocycles. The van der Waals surface area contributed by atoms with E-state index in [4.69, 9.17) is 4.98 Å². The van der Waals surface area contributed by atoms with Gasteiger partial charge in [-0.25, -0.2) is 9.97 Å². The van der Waals surface area contributed by atoms with Gasteiger partial charge in [0.1, 0.15) is 10.8 Å². The van der Waals surface area contributed by atoms with Gasteiger partial charge in [-0.05, 0) is 37.1 Å². The molecule has 0 saturated carbocycles. The lowest BCUT2D eigenvalue weighted by atomic mass is 10.2. The van der Waals surface area contributed by atoms with Gasteiger partial charge in [-0.2, -0.15) is 0 Å². The molecule has 7 heteroatoms. The second-order valence-corrected chi connectivity index (χ2v) is 8.74. The van der Waals surface area contributed by atoms with E-state index in [-0.39, 0.29) is 17.5 Å². The number of thiazole rings is 1. The summed E-state index contributed by atoms with van der Waals surface area (Å²) in [5.41, 5.74) is 1.60. The molecule has 6 nitrogen and oxygen atoms in total. The van der Waals surface area contributed by atoms with Crippen LogP contribution in [-0.4, -0.2) is 31.9 Å². The summed E-state index contributed by atoms with van der Waals surface area (Å²) in [6, 6.07) is 15.5. The Morgan fingerprint density at radius 2 is 1.87 bits per heavy atom. The fourth-order valence-corrected chi connectivity index (χ4v) is 5.32. The monoisotopic (exact) mass is 418 g/mol. The van der Waals surface area contributed by atoms with Crippen molar-refractivity contribution in [1.82, 2.24) is 19.4 Å². The minimum absolute atomic E-state index is 0.0447. The van der Waals surface area contributed by atoms with Crippen LogP contribution in [0.5, 0.6) is 0 Å². The molecule has 2 aromatic heterocycles. The predicted molar refractivity (Wildman–Crippen MR) is 119 cm³/mol. The minimum atomic E-state index is -0.0726. The average Bonchev–Trinajstić information content (AvgIpc) is 3.42.